The van der Waals surface area contributed by atoms with E-state index in [-0.39, 0.29) is 11.8 Å². The molecule has 0 amide bonds. The summed E-state index contributed by atoms with van der Waals surface area (Å²) in [5.41, 5.74) is 0.745. The molecular weight excluding hydrogens is 266 g/mol. The van der Waals surface area contributed by atoms with E-state index in [1.165, 1.54) is 25.0 Å². The molecule has 104 valence electrons. The summed E-state index contributed by atoms with van der Waals surface area (Å²) in [7, 11) is 0. The number of halogens is 1. The van der Waals surface area contributed by atoms with Crippen LogP contribution in [0.4, 0.5) is 5.69 Å². The van der Waals surface area contributed by atoms with Crippen LogP contribution < -0.4 is 0 Å². The Kier molecular flexibility index (Phi) is 4.77. The third kappa shape index (κ3) is 3.91. The van der Waals surface area contributed by atoms with Gasteiger partial charge in [0.2, 0.25) is 0 Å². The number of hydrogen-bond acceptors (Lipinski definition) is 3. The zero-order valence-corrected chi connectivity index (χ0v) is 11.7. The minimum absolute atomic E-state index is 0.0556. The van der Waals surface area contributed by atoms with Gasteiger partial charge in [0.15, 0.2) is 0 Å². The first-order valence-corrected chi connectivity index (χ1v) is 6.98. The van der Waals surface area contributed by atoms with E-state index >= 15 is 0 Å². The Bertz CT molecular complexity index is 464. The number of rotatable bonds is 4. The molecule has 4 nitrogen and oxygen atoms in total. The van der Waals surface area contributed by atoms with E-state index in [1.807, 2.05) is 0 Å². The highest BCUT2D eigenvalue weighted by molar-refractivity contribution is 6.31. The molecule has 1 aromatic carbocycles. The van der Waals surface area contributed by atoms with Crippen molar-refractivity contribution in [3.8, 4) is 0 Å². The van der Waals surface area contributed by atoms with Crippen molar-refractivity contribution in [2.75, 3.05) is 0 Å². The lowest BCUT2D eigenvalue weighted by Crippen LogP contribution is -2.21. The molecule has 2 unspecified atom stereocenters. The summed E-state index contributed by atoms with van der Waals surface area (Å²) in [5, 5.41) is 11.3. The van der Waals surface area contributed by atoms with Crippen molar-refractivity contribution in [3.05, 3.63) is 38.9 Å². The molecule has 0 spiro atoms. The van der Waals surface area contributed by atoms with Crippen molar-refractivity contribution < 1.29 is 9.66 Å². The number of benzene rings is 1. The molecule has 0 aliphatic heterocycles. The summed E-state index contributed by atoms with van der Waals surface area (Å²) in [6.45, 7) is 2.58. The molecule has 2 rings (SSSR count). The van der Waals surface area contributed by atoms with E-state index in [0.717, 1.165) is 12.8 Å². The molecule has 2 atom stereocenters. The van der Waals surface area contributed by atoms with Gasteiger partial charge in [0.1, 0.15) is 0 Å². The van der Waals surface area contributed by atoms with Gasteiger partial charge in [-0.3, -0.25) is 10.1 Å². The largest absolute Gasteiger partial charge is 0.373 e. The fourth-order valence-corrected chi connectivity index (χ4v) is 2.69. The van der Waals surface area contributed by atoms with Crippen LogP contribution in [0.25, 0.3) is 0 Å². The molecule has 0 heterocycles. The monoisotopic (exact) mass is 283 g/mol. The molecule has 1 aliphatic rings. The van der Waals surface area contributed by atoms with E-state index < -0.39 is 4.92 Å². The van der Waals surface area contributed by atoms with Crippen LogP contribution in [0.2, 0.25) is 5.02 Å². The van der Waals surface area contributed by atoms with Crippen LogP contribution in [0, 0.1) is 16.0 Å². The lowest BCUT2D eigenvalue weighted by molar-refractivity contribution is -0.385. The van der Waals surface area contributed by atoms with Gasteiger partial charge >= 0.3 is 0 Å². The Morgan fingerprint density at radius 3 is 2.95 bits per heavy atom. The number of non-ortho nitro benzene ring substituents is 1. The lowest BCUT2D eigenvalue weighted by Gasteiger charge is -2.26. The van der Waals surface area contributed by atoms with Crippen LogP contribution in [-0.2, 0) is 11.3 Å². The van der Waals surface area contributed by atoms with E-state index in [0.29, 0.717) is 23.1 Å². The number of ether oxygens (including phenoxy) is 1. The fraction of sp³-hybridized carbons (Fsp3) is 0.571. The maximum Gasteiger partial charge on any atom is 0.269 e. The van der Waals surface area contributed by atoms with Gasteiger partial charge < -0.3 is 4.74 Å². The Morgan fingerprint density at radius 2 is 2.26 bits per heavy atom. The van der Waals surface area contributed by atoms with Crippen LogP contribution in [0.5, 0.6) is 0 Å². The van der Waals surface area contributed by atoms with Crippen LogP contribution in [0.3, 0.4) is 0 Å². The normalized spacial score (nSPS) is 23.3. The number of nitrogens with zero attached hydrogens (tertiary/aromatic N) is 1. The van der Waals surface area contributed by atoms with Crippen LogP contribution in [0.15, 0.2) is 18.2 Å². The zero-order valence-electron chi connectivity index (χ0n) is 11.0. The fourth-order valence-electron chi connectivity index (χ4n) is 2.52. The highest BCUT2D eigenvalue weighted by atomic mass is 35.5. The van der Waals surface area contributed by atoms with Gasteiger partial charge in [0, 0.05) is 22.7 Å². The van der Waals surface area contributed by atoms with Gasteiger partial charge in [-0.2, -0.15) is 0 Å². The maximum atomic E-state index is 10.7. The van der Waals surface area contributed by atoms with Crippen molar-refractivity contribution in [1.29, 1.82) is 0 Å². The minimum Gasteiger partial charge on any atom is -0.373 e. The second kappa shape index (κ2) is 6.35. The first kappa shape index (κ1) is 14.3. The SMILES string of the molecule is CC1CCCC(OCc2cc([N+](=O)[O-])ccc2Cl)C1. The van der Waals surface area contributed by atoms with E-state index in [1.54, 1.807) is 6.07 Å². The van der Waals surface area contributed by atoms with Crippen LogP contribution in [-0.4, -0.2) is 11.0 Å². The van der Waals surface area contributed by atoms with Gasteiger partial charge in [-0.1, -0.05) is 31.4 Å². The minimum atomic E-state index is -0.414. The van der Waals surface area contributed by atoms with Crippen LogP contribution in [0.1, 0.15) is 38.2 Å². The summed E-state index contributed by atoms with van der Waals surface area (Å²) in [5.74, 6) is 0.694. The summed E-state index contributed by atoms with van der Waals surface area (Å²) < 4.78 is 5.85. The first-order chi connectivity index (χ1) is 9.06. The molecule has 0 saturated heterocycles. The van der Waals surface area contributed by atoms with Crippen molar-refractivity contribution in [2.24, 2.45) is 5.92 Å². The molecule has 5 heteroatoms. The van der Waals surface area contributed by atoms with Crippen molar-refractivity contribution in [2.45, 2.75) is 45.3 Å². The summed E-state index contributed by atoms with van der Waals surface area (Å²) in [6.07, 6.45) is 4.83. The van der Waals surface area contributed by atoms with Crippen LogP contribution >= 0.6 is 11.6 Å². The van der Waals surface area contributed by atoms with Gasteiger partial charge in [-0.15, -0.1) is 0 Å². The third-order valence-electron chi connectivity index (χ3n) is 3.60. The number of nitro benzene ring substituents is 1. The topological polar surface area (TPSA) is 52.4 Å². The molecule has 0 bridgehead atoms. The average molecular weight is 284 g/mol. The molecule has 0 N–H and O–H groups in total. The van der Waals surface area contributed by atoms with E-state index in [4.69, 9.17) is 16.3 Å². The number of nitro groups is 1. The van der Waals surface area contributed by atoms with Gasteiger partial charge in [-0.05, 0) is 24.8 Å². The average Bonchev–Trinajstić information content (AvgIpc) is 2.37. The third-order valence-corrected chi connectivity index (χ3v) is 3.97. The molecular formula is C14H18ClNO3. The molecule has 0 radical (unpaired) electrons. The molecule has 0 aromatic heterocycles. The van der Waals surface area contributed by atoms with Gasteiger partial charge in [0.25, 0.3) is 5.69 Å². The van der Waals surface area contributed by atoms with E-state index in [9.17, 15) is 10.1 Å². The molecule has 1 aliphatic carbocycles. The second-order valence-electron chi connectivity index (χ2n) is 5.24. The first-order valence-electron chi connectivity index (χ1n) is 6.60. The highest BCUT2D eigenvalue weighted by Crippen LogP contribution is 2.28. The Hall–Kier alpha value is -1.13. The van der Waals surface area contributed by atoms with Crippen molar-refractivity contribution in [3.63, 3.8) is 0 Å². The van der Waals surface area contributed by atoms with Crippen molar-refractivity contribution in [1.82, 2.24) is 0 Å². The Morgan fingerprint density at radius 1 is 1.47 bits per heavy atom. The molecule has 1 saturated carbocycles. The number of hydrogen-bond donors (Lipinski definition) is 0. The summed E-state index contributed by atoms with van der Waals surface area (Å²) in [6, 6.07) is 4.46. The molecule has 1 aromatic rings. The molecule has 19 heavy (non-hydrogen) atoms. The Balaban J connectivity index is 1.98. The standard InChI is InChI=1S/C14H18ClNO3/c1-10-3-2-4-13(7-10)19-9-11-8-12(16(17)18)5-6-14(11)15/h5-6,8,10,13H,2-4,7,9H2,1H3. The van der Waals surface area contributed by atoms with E-state index in [2.05, 4.69) is 6.92 Å². The smallest absolute Gasteiger partial charge is 0.269 e. The quantitative estimate of drug-likeness (QED) is 0.610. The zero-order chi connectivity index (χ0) is 13.8. The Labute approximate surface area is 117 Å². The van der Waals surface area contributed by atoms with Crippen molar-refractivity contribution >= 4 is 17.3 Å². The predicted molar refractivity (Wildman–Crippen MR) is 74.3 cm³/mol. The summed E-state index contributed by atoms with van der Waals surface area (Å²) >= 11 is 6.04. The second-order valence-corrected chi connectivity index (χ2v) is 5.64. The highest BCUT2D eigenvalue weighted by Gasteiger charge is 2.20. The van der Waals surface area contributed by atoms with Gasteiger partial charge in [0.05, 0.1) is 17.6 Å². The predicted octanol–water partition coefficient (Wildman–Crippen LogP) is 4.34. The van der Waals surface area contributed by atoms with Gasteiger partial charge in [-0.25, -0.2) is 0 Å². The summed E-state index contributed by atoms with van der Waals surface area (Å²) in [4.78, 5) is 10.3. The maximum absolute atomic E-state index is 10.7. The lowest BCUT2D eigenvalue weighted by atomic mass is 9.89. The molecule has 1 fully saturated rings.